The molecule has 1 saturated heterocycles. The maximum absolute atomic E-state index is 4.68. The summed E-state index contributed by atoms with van der Waals surface area (Å²) in [6.07, 6.45) is 1.88. The highest BCUT2D eigenvalue weighted by molar-refractivity contribution is 5.75. The zero-order valence-electron chi connectivity index (χ0n) is 9.93. The monoisotopic (exact) mass is 228 g/mol. The number of hydrogen-bond acceptors (Lipinski definition) is 4. The number of fused-ring (bicyclic) bond motifs is 1. The Balaban J connectivity index is 1.99. The Morgan fingerprint density at radius 2 is 2.12 bits per heavy atom. The number of aromatic nitrogens is 2. The zero-order chi connectivity index (χ0) is 11.7. The van der Waals surface area contributed by atoms with Gasteiger partial charge in [-0.1, -0.05) is 12.1 Å². The Morgan fingerprint density at radius 3 is 2.94 bits per heavy atom. The van der Waals surface area contributed by atoms with E-state index in [2.05, 4.69) is 27.1 Å². The van der Waals surface area contributed by atoms with Gasteiger partial charge in [0, 0.05) is 25.7 Å². The highest BCUT2D eigenvalue weighted by Gasteiger charge is 2.19. The van der Waals surface area contributed by atoms with Gasteiger partial charge in [0.15, 0.2) is 0 Å². The van der Waals surface area contributed by atoms with Crippen molar-refractivity contribution >= 4 is 16.9 Å². The Kier molecular flexibility index (Phi) is 2.65. The first kappa shape index (κ1) is 10.5. The minimum absolute atomic E-state index is 0.471. The zero-order valence-corrected chi connectivity index (χ0v) is 9.93. The molecule has 0 aliphatic carbocycles. The minimum atomic E-state index is 0.471. The first-order valence-electron chi connectivity index (χ1n) is 6.04. The van der Waals surface area contributed by atoms with Gasteiger partial charge in [0.05, 0.1) is 17.2 Å². The number of piperazine rings is 1. The quantitative estimate of drug-likeness (QED) is 0.801. The number of anilines is 1. The minimum Gasteiger partial charge on any atom is -0.350 e. The first-order valence-corrected chi connectivity index (χ1v) is 6.04. The lowest BCUT2D eigenvalue weighted by atomic mass is 10.2. The van der Waals surface area contributed by atoms with Gasteiger partial charge in [-0.2, -0.15) is 0 Å². The van der Waals surface area contributed by atoms with Gasteiger partial charge in [0.25, 0.3) is 0 Å². The summed E-state index contributed by atoms with van der Waals surface area (Å²) < 4.78 is 0. The number of benzene rings is 1. The van der Waals surface area contributed by atoms with Crippen LogP contribution >= 0.6 is 0 Å². The molecule has 1 N–H and O–H groups in total. The van der Waals surface area contributed by atoms with Crippen molar-refractivity contribution in [3.63, 3.8) is 0 Å². The SMILES string of the molecule is CC1CNCCN1c1cnc2ccccc2n1. The van der Waals surface area contributed by atoms with Gasteiger partial charge in [-0.05, 0) is 19.1 Å². The van der Waals surface area contributed by atoms with Crippen molar-refractivity contribution in [3.05, 3.63) is 30.5 Å². The van der Waals surface area contributed by atoms with Gasteiger partial charge in [-0.3, -0.25) is 4.98 Å². The van der Waals surface area contributed by atoms with Gasteiger partial charge >= 0.3 is 0 Å². The summed E-state index contributed by atoms with van der Waals surface area (Å²) in [6, 6.07) is 8.47. The van der Waals surface area contributed by atoms with Crippen LogP contribution in [0.1, 0.15) is 6.92 Å². The molecule has 0 spiro atoms. The lowest BCUT2D eigenvalue weighted by Crippen LogP contribution is -2.50. The standard InChI is InChI=1S/C13H16N4/c1-10-8-14-6-7-17(10)13-9-15-11-4-2-3-5-12(11)16-13/h2-5,9-10,14H,6-8H2,1H3. The van der Waals surface area contributed by atoms with Crippen LogP contribution in [0, 0.1) is 0 Å². The normalized spacial score (nSPS) is 20.8. The average molecular weight is 228 g/mol. The molecule has 3 rings (SSSR count). The highest BCUT2D eigenvalue weighted by atomic mass is 15.3. The van der Waals surface area contributed by atoms with Crippen molar-refractivity contribution in [1.82, 2.24) is 15.3 Å². The van der Waals surface area contributed by atoms with Gasteiger partial charge < -0.3 is 10.2 Å². The van der Waals surface area contributed by atoms with Crippen molar-refractivity contribution < 1.29 is 0 Å². The summed E-state index contributed by atoms with van der Waals surface area (Å²) in [7, 11) is 0. The molecule has 1 aromatic carbocycles. The van der Waals surface area contributed by atoms with Gasteiger partial charge in [-0.25, -0.2) is 4.98 Å². The van der Waals surface area contributed by atoms with E-state index in [0.29, 0.717) is 6.04 Å². The average Bonchev–Trinajstić information content (AvgIpc) is 2.39. The highest BCUT2D eigenvalue weighted by Crippen LogP contribution is 2.17. The number of hydrogen-bond donors (Lipinski definition) is 1. The fraction of sp³-hybridized carbons (Fsp3) is 0.385. The molecule has 2 heterocycles. The van der Waals surface area contributed by atoms with E-state index in [0.717, 1.165) is 36.5 Å². The topological polar surface area (TPSA) is 41.0 Å². The maximum Gasteiger partial charge on any atom is 0.148 e. The van der Waals surface area contributed by atoms with Crippen LogP contribution in [0.4, 0.5) is 5.82 Å². The molecule has 1 atom stereocenters. The largest absolute Gasteiger partial charge is 0.350 e. The van der Waals surface area contributed by atoms with E-state index in [9.17, 15) is 0 Å². The third-order valence-electron chi connectivity index (χ3n) is 3.23. The van der Waals surface area contributed by atoms with E-state index in [4.69, 9.17) is 0 Å². The summed E-state index contributed by atoms with van der Waals surface area (Å²) in [4.78, 5) is 11.5. The van der Waals surface area contributed by atoms with E-state index in [1.54, 1.807) is 0 Å². The van der Waals surface area contributed by atoms with Crippen molar-refractivity contribution in [2.24, 2.45) is 0 Å². The van der Waals surface area contributed by atoms with Crippen LogP contribution in [-0.2, 0) is 0 Å². The van der Waals surface area contributed by atoms with Crippen molar-refractivity contribution in [3.8, 4) is 0 Å². The summed E-state index contributed by atoms with van der Waals surface area (Å²) in [5.74, 6) is 0.984. The lowest BCUT2D eigenvalue weighted by Gasteiger charge is -2.34. The number of nitrogens with zero attached hydrogens (tertiary/aromatic N) is 3. The summed E-state index contributed by atoms with van der Waals surface area (Å²) in [6.45, 7) is 5.23. The van der Waals surface area contributed by atoms with Crippen LogP contribution in [0.5, 0.6) is 0 Å². The molecule has 1 unspecified atom stereocenters. The van der Waals surface area contributed by atoms with E-state index >= 15 is 0 Å². The smallest absolute Gasteiger partial charge is 0.148 e. The summed E-state index contributed by atoms with van der Waals surface area (Å²) in [5.41, 5.74) is 1.93. The molecule has 1 aliphatic rings. The molecule has 0 radical (unpaired) electrons. The first-order chi connectivity index (χ1) is 8.34. The van der Waals surface area contributed by atoms with E-state index < -0.39 is 0 Å². The third kappa shape index (κ3) is 1.96. The fourth-order valence-electron chi connectivity index (χ4n) is 2.27. The maximum atomic E-state index is 4.68. The van der Waals surface area contributed by atoms with Crippen LogP contribution < -0.4 is 10.2 Å². The van der Waals surface area contributed by atoms with Gasteiger partial charge in [0.1, 0.15) is 5.82 Å². The Labute approximate surface area is 101 Å². The van der Waals surface area contributed by atoms with Gasteiger partial charge in [0.2, 0.25) is 0 Å². The molecule has 4 nitrogen and oxygen atoms in total. The van der Waals surface area contributed by atoms with Crippen LogP contribution in [0.25, 0.3) is 11.0 Å². The van der Waals surface area contributed by atoms with E-state index in [-0.39, 0.29) is 0 Å². The molecular weight excluding hydrogens is 212 g/mol. The van der Waals surface area contributed by atoms with Crippen molar-refractivity contribution in [2.75, 3.05) is 24.5 Å². The number of rotatable bonds is 1. The Morgan fingerprint density at radius 1 is 1.29 bits per heavy atom. The molecule has 0 saturated carbocycles. The predicted molar refractivity (Wildman–Crippen MR) is 69.2 cm³/mol. The molecule has 0 bridgehead atoms. The van der Waals surface area contributed by atoms with Crippen LogP contribution in [0.15, 0.2) is 30.5 Å². The second-order valence-corrected chi connectivity index (χ2v) is 4.46. The molecule has 1 aliphatic heterocycles. The molecule has 88 valence electrons. The number of nitrogens with one attached hydrogen (secondary N) is 1. The van der Waals surface area contributed by atoms with Crippen molar-refractivity contribution in [1.29, 1.82) is 0 Å². The summed E-state index contributed by atoms with van der Waals surface area (Å²) >= 11 is 0. The molecular formula is C13H16N4. The second-order valence-electron chi connectivity index (χ2n) is 4.46. The van der Waals surface area contributed by atoms with E-state index in [1.165, 1.54) is 0 Å². The fourth-order valence-corrected chi connectivity index (χ4v) is 2.27. The van der Waals surface area contributed by atoms with Crippen LogP contribution in [0.3, 0.4) is 0 Å². The van der Waals surface area contributed by atoms with E-state index in [1.807, 2.05) is 30.5 Å². The Hall–Kier alpha value is -1.68. The molecule has 1 aromatic heterocycles. The van der Waals surface area contributed by atoms with Crippen LogP contribution in [-0.4, -0.2) is 35.6 Å². The van der Waals surface area contributed by atoms with Crippen LogP contribution in [0.2, 0.25) is 0 Å². The third-order valence-corrected chi connectivity index (χ3v) is 3.23. The Bertz CT molecular complexity index is 526. The number of para-hydroxylation sites is 2. The molecule has 17 heavy (non-hydrogen) atoms. The lowest BCUT2D eigenvalue weighted by molar-refractivity contribution is 0.497. The molecule has 4 heteroatoms. The molecule has 2 aromatic rings. The summed E-state index contributed by atoms with van der Waals surface area (Å²) in [5, 5.41) is 3.38. The predicted octanol–water partition coefficient (Wildman–Crippen LogP) is 1.43. The molecule has 1 fully saturated rings. The molecule has 0 amide bonds. The van der Waals surface area contributed by atoms with Crippen molar-refractivity contribution in [2.45, 2.75) is 13.0 Å². The second kappa shape index (κ2) is 4.30. The van der Waals surface area contributed by atoms with Gasteiger partial charge in [-0.15, -0.1) is 0 Å².